The Morgan fingerprint density at radius 3 is 2.39 bits per heavy atom. The Morgan fingerprint density at radius 1 is 0.964 bits per heavy atom. The van der Waals surface area contributed by atoms with E-state index in [9.17, 15) is 9.59 Å². The summed E-state index contributed by atoms with van der Waals surface area (Å²) in [6, 6.07) is 12.1. The van der Waals surface area contributed by atoms with Crippen molar-refractivity contribution in [3.63, 3.8) is 0 Å². The van der Waals surface area contributed by atoms with Crippen molar-refractivity contribution < 1.29 is 14.1 Å². The number of benzene rings is 1. The average molecular weight is 397 g/mol. The van der Waals surface area contributed by atoms with Crippen molar-refractivity contribution in [2.24, 2.45) is 0 Å². The molecule has 4 rings (SSSR count). The number of amides is 2. The van der Waals surface area contributed by atoms with Crippen LogP contribution in [0.2, 0.25) is 5.02 Å². The molecule has 1 fully saturated rings. The minimum atomic E-state index is -0.214. The Hall–Kier alpha value is -3.19. The molecule has 7 nitrogen and oxygen atoms in total. The van der Waals surface area contributed by atoms with Crippen LogP contribution in [0.1, 0.15) is 20.8 Å². The Balaban J connectivity index is 1.39. The first-order chi connectivity index (χ1) is 13.6. The maximum Gasteiger partial charge on any atom is 0.276 e. The van der Waals surface area contributed by atoms with Crippen molar-refractivity contribution in [1.82, 2.24) is 19.9 Å². The van der Waals surface area contributed by atoms with Crippen LogP contribution in [0.4, 0.5) is 0 Å². The number of carbonyl (C=O) groups excluding carboxylic acids is 2. The van der Waals surface area contributed by atoms with E-state index in [1.807, 2.05) is 6.07 Å². The number of piperazine rings is 1. The molecule has 0 unspecified atom stereocenters. The molecule has 142 valence electrons. The predicted molar refractivity (Wildman–Crippen MR) is 103 cm³/mol. The first-order valence-electron chi connectivity index (χ1n) is 8.83. The highest BCUT2D eigenvalue weighted by Gasteiger charge is 2.27. The molecule has 0 N–H and O–H groups in total. The number of halogens is 1. The first-order valence-corrected chi connectivity index (χ1v) is 9.21. The van der Waals surface area contributed by atoms with E-state index >= 15 is 0 Å². The summed E-state index contributed by atoms with van der Waals surface area (Å²) in [6.45, 7) is 1.76. The normalized spacial score (nSPS) is 14.2. The molecule has 2 amide bonds. The number of nitrogens with zero attached hydrogens (tertiary/aromatic N) is 4. The molecule has 1 saturated heterocycles. The maximum atomic E-state index is 12.7. The van der Waals surface area contributed by atoms with Gasteiger partial charge in [-0.2, -0.15) is 0 Å². The van der Waals surface area contributed by atoms with Crippen molar-refractivity contribution >= 4 is 23.4 Å². The summed E-state index contributed by atoms with van der Waals surface area (Å²) < 4.78 is 5.28. The summed E-state index contributed by atoms with van der Waals surface area (Å²) in [5, 5.41) is 4.41. The number of pyridine rings is 1. The molecule has 0 saturated carbocycles. The zero-order valence-corrected chi connectivity index (χ0v) is 15.7. The third-order valence-corrected chi connectivity index (χ3v) is 4.84. The summed E-state index contributed by atoms with van der Waals surface area (Å²) in [6.07, 6.45) is 3.31. The third-order valence-electron chi connectivity index (χ3n) is 4.60. The molecular weight excluding hydrogens is 380 g/mol. The summed E-state index contributed by atoms with van der Waals surface area (Å²) in [5.74, 6) is 0.190. The Kier molecular flexibility index (Phi) is 5.08. The first kappa shape index (κ1) is 18.2. The highest BCUT2D eigenvalue weighted by atomic mass is 35.5. The van der Waals surface area contributed by atoms with Crippen molar-refractivity contribution in [1.29, 1.82) is 0 Å². The standard InChI is InChI=1S/C20H17ClN4O3/c21-16-5-1-3-14(11-16)19(26)24-7-9-25(10-8-24)20(27)17-12-18(28-23-17)15-4-2-6-22-13-15/h1-6,11-13H,7-10H2. The zero-order valence-electron chi connectivity index (χ0n) is 14.9. The minimum Gasteiger partial charge on any atom is -0.355 e. The van der Waals surface area contributed by atoms with Gasteiger partial charge in [0.1, 0.15) is 0 Å². The van der Waals surface area contributed by atoms with E-state index < -0.39 is 0 Å². The van der Waals surface area contributed by atoms with E-state index in [0.717, 1.165) is 5.56 Å². The van der Waals surface area contributed by atoms with E-state index in [4.69, 9.17) is 16.1 Å². The molecule has 0 spiro atoms. The van der Waals surface area contributed by atoms with Gasteiger partial charge >= 0.3 is 0 Å². The number of aromatic nitrogens is 2. The fraction of sp³-hybridized carbons (Fsp3) is 0.200. The molecule has 0 bridgehead atoms. The van der Waals surface area contributed by atoms with Gasteiger partial charge in [-0.3, -0.25) is 14.6 Å². The fourth-order valence-electron chi connectivity index (χ4n) is 3.10. The average Bonchev–Trinajstić information content (AvgIpc) is 3.24. The van der Waals surface area contributed by atoms with Crippen molar-refractivity contribution in [2.75, 3.05) is 26.2 Å². The van der Waals surface area contributed by atoms with Crippen LogP contribution in [0.5, 0.6) is 0 Å². The van der Waals surface area contributed by atoms with E-state index in [1.54, 1.807) is 58.6 Å². The van der Waals surface area contributed by atoms with Crippen LogP contribution in [0.3, 0.4) is 0 Å². The molecule has 8 heteroatoms. The Bertz CT molecular complexity index is 997. The van der Waals surface area contributed by atoms with Crippen LogP contribution in [-0.4, -0.2) is 57.9 Å². The van der Waals surface area contributed by atoms with Gasteiger partial charge in [-0.25, -0.2) is 0 Å². The zero-order chi connectivity index (χ0) is 19.5. The van der Waals surface area contributed by atoms with E-state index in [0.29, 0.717) is 42.5 Å². The highest BCUT2D eigenvalue weighted by molar-refractivity contribution is 6.30. The number of rotatable bonds is 3. The topological polar surface area (TPSA) is 79.5 Å². The largest absolute Gasteiger partial charge is 0.355 e. The number of hydrogen-bond donors (Lipinski definition) is 0. The van der Waals surface area contributed by atoms with Gasteiger partial charge in [0.05, 0.1) is 0 Å². The van der Waals surface area contributed by atoms with Crippen molar-refractivity contribution in [2.45, 2.75) is 0 Å². The lowest BCUT2D eigenvalue weighted by molar-refractivity contribution is 0.0530. The lowest BCUT2D eigenvalue weighted by atomic mass is 10.1. The molecule has 2 aromatic heterocycles. The van der Waals surface area contributed by atoms with Crippen LogP contribution in [0.25, 0.3) is 11.3 Å². The van der Waals surface area contributed by atoms with E-state index in [1.165, 1.54) is 0 Å². The lowest BCUT2D eigenvalue weighted by Gasteiger charge is -2.34. The SMILES string of the molecule is O=C(c1cccc(Cl)c1)N1CCN(C(=O)c2cc(-c3cccnc3)on2)CC1. The van der Waals surface area contributed by atoms with Crippen LogP contribution in [0, 0.1) is 0 Å². The molecule has 1 aliphatic rings. The Morgan fingerprint density at radius 2 is 1.71 bits per heavy atom. The molecule has 0 radical (unpaired) electrons. The van der Waals surface area contributed by atoms with Crippen LogP contribution in [0.15, 0.2) is 59.4 Å². The summed E-state index contributed by atoms with van der Waals surface area (Å²) in [5.41, 5.74) is 1.55. The molecule has 28 heavy (non-hydrogen) atoms. The van der Waals surface area contributed by atoms with Gasteiger partial charge in [0, 0.05) is 60.8 Å². The lowest BCUT2D eigenvalue weighted by Crippen LogP contribution is -2.50. The van der Waals surface area contributed by atoms with Crippen molar-refractivity contribution in [3.05, 3.63) is 71.1 Å². The smallest absolute Gasteiger partial charge is 0.276 e. The van der Waals surface area contributed by atoms with Gasteiger partial charge in [-0.1, -0.05) is 22.8 Å². The van der Waals surface area contributed by atoms with Gasteiger partial charge < -0.3 is 14.3 Å². The molecule has 3 heterocycles. The molecule has 0 aliphatic carbocycles. The van der Waals surface area contributed by atoms with Crippen LogP contribution >= 0.6 is 11.6 Å². The van der Waals surface area contributed by atoms with Crippen LogP contribution < -0.4 is 0 Å². The van der Waals surface area contributed by atoms with Gasteiger partial charge in [0.2, 0.25) is 0 Å². The predicted octanol–water partition coefficient (Wildman–Crippen LogP) is 2.99. The van der Waals surface area contributed by atoms with Crippen molar-refractivity contribution in [3.8, 4) is 11.3 Å². The van der Waals surface area contributed by atoms with E-state index in [-0.39, 0.29) is 17.5 Å². The maximum absolute atomic E-state index is 12.7. The second-order valence-corrected chi connectivity index (χ2v) is 6.85. The van der Waals surface area contributed by atoms with E-state index in [2.05, 4.69) is 10.1 Å². The Labute approximate surface area is 166 Å². The number of hydrogen-bond acceptors (Lipinski definition) is 5. The molecule has 0 atom stereocenters. The van der Waals surface area contributed by atoms with Gasteiger partial charge in [0.25, 0.3) is 11.8 Å². The summed E-state index contributed by atoms with van der Waals surface area (Å²) in [4.78, 5) is 32.7. The second kappa shape index (κ2) is 7.82. The highest BCUT2D eigenvalue weighted by Crippen LogP contribution is 2.20. The van der Waals surface area contributed by atoms with Crippen LogP contribution in [-0.2, 0) is 0 Å². The summed E-state index contributed by atoms with van der Waals surface area (Å²) in [7, 11) is 0. The van der Waals surface area contributed by atoms with Gasteiger partial charge in [-0.15, -0.1) is 0 Å². The summed E-state index contributed by atoms with van der Waals surface area (Å²) >= 11 is 5.96. The minimum absolute atomic E-state index is 0.0881. The quantitative estimate of drug-likeness (QED) is 0.680. The molecule has 3 aromatic rings. The number of carbonyl (C=O) groups is 2. The third kappa shape index (κ3) is 3.75. The molecular formula is C20H17ClN4O3. The van der Waals surface area contributed by atoms with Gasteiger partial charge in [0.15, 0.2) is 11.5 Å². The monoisotopic (exact) mass is 396 g/mol. The molecule has 1 aliphatic heterocycles. The van der Waals surface area contributed by atoms with Gasteiger partial charge in [-0.05, 0) is 30.3 Å². The molecule has 1 aromatic carbocycles. The second-order valence-electron chi connectivity index (χ2n) is 6.41. The fourth-order valence-corrected chi connectivity index (χ4v) is 3.29.